The number of hydrogen-bond acceptors (Lipinski definition) is 3. The molecule has 2 N–H and O–H groups in total. The van der Waals surface area contributed by atoms with Crippen molar-refractivity contribution in [2.45, 2.75) is 0 Å². The Morgan fingerprint density at radius 1 is 1.07 bits per heavy atom. The molecule has 5 nitrogen and oxygen atoms in total. The Hall–Kier alpha value is -1.91. The lowest BCUT2D eigenvalue weighted by Gasteiger charge is -2.06. The van der Waals surface area contributed by atoms with Gasteiger partial charge in [-0.1, -0.05) is 0 Å². The number of benzene rings is 1. The van der Waals surface area contributed by atoms with Crippen LogP contribution in [0.1, 0.15) is 0 Å². The van der Waals surface area contributed by atoms with Crippen molar-refractivity contribution in [1.29, 1.82) is 0 Å². The lowest BCUT2D eigenvalue weighted by Crippen LogP contribution is -1.98. The van der Waals surface area contributed by atoms with Crippen LogP contribution >= 0.6 is 0 Å². The van der Waals surface area contributed by atoms with Crippen LogP contribution in [-0.4, -0.2) is 24.4 Å². The van der Waals surface area contributed by atoms with Gasteiger partial charge in [0, 0.05) is 6.07 Å². The number of methoxy groups -OCH3 is 2. The summed E-state index contributed by atoms with van der Waals surface area (Å²) in [5.41, 5.74) is 0.536. The molecule has 0 aliphatic heterocycles. The standard InChI is InChI=1S/C9H10N2O3/c1-13-7-3-5-6(4-8(7)14-2)10-11-9(5)12/h3-4H,1-2H3,(H2,10,11,12). The zero-order valence-corrected chi connectivity index (χ0v) is 7.88. The molecule has 0 aliphatic carbocycles. The monoisotopic (exact) mass is 194 g/mol. The third-order valence-electron chi connectivity index (χ3n) is 2.08. The molecule has 2 rings (SSSR count). The number of aromatic amines is 2. The van der Waals surface area contributed by atoms with Crippen LogP contribution in [0.25, 0.3) is 10.9 Å². The highest BCUT2D eigenvalue weighted by Gasteiger charge is 2.08. The normalized spacial score (nSPS) is 10.4. The van der Waals surface area contributed by atoms with E-state index in [9.17, 15) is 4.79 Å². The summed E-state index contributed by atoms with van der Waals surface area (Å²) in [6.07, 6.45) is 0. The van der Waals surface area contributed by atoms with Crippen LogP contribution in [0.3, 0.4) is 0 Å². The van der Waals surface area contributed by atoms with E-state index in [0.29, 0.717) is 22.4 Å². The van der Waals surface area contributed by atoms with Crippen molar-refractivity contribution in [2.75, 3.05) is 14.2 Å². The second-order valence-electron chi connectivity index (χ2n) is 2.83. The average Bonchev–Trinajstić information content (AvgIpc) is 2.58. The van der Waals surface area contributed by atoms with Gasteiger partial charge < -0.3 is 9.47 Å². The van der Waals surface area contributed by atoms with Crippen molar-refractivity contribution in [3.8, 4) is 11.5 Å². The van der Waals surface area contributed by atoms with Crippen LogP contribution < -0.4 is 15.0 Å². The van der Waals surface area contributed by atoms with E-state index in [-0.39, 0.29) is 5.56 Å². The van der Waals surface area contributed by atoms with Crippen LogP contribution in [-0.2, 0) is 0 Å². The largest absolute Gasteiger partial charge is 0.493 e. The van der Waals surface area contributed by atoms with E-state index in [2.05, 4.69) is 10.2 Å². The van der Waals surface area contributed by atoms with Crippen LogP contribution in [0.15, 0.2) is 16.9 Å². The average molecular weight is 194 g/mol. The summed E-state index contributed by atoms with van der Waals surface area (Å²) >= 11 is 0. The number of aromatic nitrogens is 2. The first kappa shape index (κ1) is 8.68. The van der Waals surface area contributed by atoms with Gasteiger partial charge in [0.25, 0.3) is 5.56 Å². The van der Waals surface area contributed by atoms with E-state index in [1.54, 1.807) is 19.2 Å². The van der Waals surface area contributed by atoms with E-state index >= 15 is 0 Å². The number of ether oxygens (including phenoxy) is 2. The predicted molar refractivity (Wildman–Crippen MR) is 52.0 cm³/mol. The molecule has 0 aliphatic rings. The molecule has 1 aromatic heterocycles. The highest BCUT2D eigenvalue weighted by Crippen LogP contribution is 2.29. The third-order valence-corrected chi connectivity index (χ3v) is 2.08. The zero-order chi connectivity index (χ0) is 10.1. The summed E-state index contributed by atoms with van der Waals surface area (Å²) in [4.78, 5) is 11.3. The third kappa shape index (κ3) is 1.14. The van der Waals surface area contributed by atoms with Crippen molar-refractivity contribution in [3.63, 3.8) is 0 Å². The van der Waals surface area contributed by atoms with Gasteiger partial charge >= 0.3 is 0 Å². The Morgan fingerprint density at radius 2 is 1.71 bits per heavy atom. The first-order valence-electron chi connectivity index (χ1n) is 4.08. The molecule has 0 amide bonds. The number of hydrogen-bond donors (Lipinski definition) is 2. The molecule has 0 bridgehead atoms. The van der Waals surface area contributed by atoms with E-state index in [1.165, 1.54) is 7.11 Å². The Morgan fingerprint density at radius 3 is 2.36 bits per heavy atom. The molecule has 1 aromatic carbocycles. The topological polar surface area (TPSA) is 67.1 Å². The van der Waals surface area contributed by atoms with Gasteiger partial charge in [0.15, 0.2) is 11.5 Å². The summed E-state index contributed by atoms with van der Waals surface area (Å²) in [7, 11) is 3.08. The molecule has 2 aromatic rings. The van der Waals surface area contributed by atoms with Crippen molar-refractivity contribution >= 4 is 10.9 Å². The van der Waals surface area contributed by atoms with Gasteiger partial charge in [-0.3, -0.25) is 15.0 Å². The molecular formula is C9H10N2O3. The van der Waals surface area contributed by atoms with Crippen LogP contribution in [0.2, 0.25) is 0 Å². The lowest BCUT2D eigenvalue weighted by atomic mass is 10.2. The Labute approximate surface area is 79.6 Å². The first-order chi connectivity index (χ1) is 6.76. The summed E-state index contributed by atoms with van der Waals surface area (Å²) < 4.78 is 10.2. The van der Waals surface area contributed by atoms with Gasteiger partial charge in [-0.2, -0.15) is 0 Å². The van der Waals surface area contributed by atoms with E-state index in [4.69, 9.17) is 9.47 Å². The summed E-state index contributed by atoms with van der Waals surface area (Å²) in [5.74, 6) is 1.14. The molecule has 0 saturated carbocycles. The zero-order valence-electron chi connectivity index (χ0n) is 7.88. The predicted octanol–water partition coefficient (Wildman–Crippen LogP) is 0.873. The minimum atomic E-state index is -0.166. The SMILES string of the molecule is COc1cc2[nH][nH]c(=O)c2cc1OC. The summed E-state index contributed by atoms with van der Waals surface area (Å²) in [6.45, 7) is 0. The Kier molecular flexibility index (Phi) is 1.92. The molecule has 5 heteroatoms. The van der Waals surface area contributed by atoms with Crippen LogP contribution in [0, 0.1) is 0 Å². The van der Waals surface area contributed by atoms with Gasteiger partial charge in [-0.05, 0) is 6.07 Å². The maximum absolute atomic E-state index is 11.3. The fourth-order valence-corrected chi connectivity index (χ4v) is 1.36. The lowest BCUT2D eigenvalue weighted by molar-refractivity contribution is 0.356. The molecular weight excluding hydrogens is 184 g/mol. The second kappa shape index (κ2) is 3.10. The Bertz CT molecular complexity index is 512. The van der Waals surface area contributed by atoms with Crippen molar-refractivity contribution in [3.05, 3.63) is 22.5 Å². The van der Waals surface area contributed by atoms with Gasteiger partial charge in [0.2, 0.25) is 0 Å². The smallest absolute Gasteiger partial charge is 0.271 e. The maximum atomic E-state index is 11.3. The molecule has 0 radical (unpaired) electrons. The van der Waals surface area contributed by atoms with E-state index in [1.807, 2.05) is 0 Å². The van der Waals surface area contributed by atoms with Crippen molar-refractivity contribution in [2.24, 2.45) is 0 Å². The van der Waals surface area contributed by atoms with Gasteiger partial charge in [0.05, 0.1) is 25.1 Å². The first-order valence-corrected chi connectivity index (χ1v) is 4.08. The van der Waals surface area contributed by atoms with Crippen LogP contribution in [0.5, 0.6) is 11.5 Å². The van der Waals surface area contributed by atoms with Crippen LogP contribution in [0.4, 0.5) is 0 Å². The number of H-pyrrole nitrogens is 2. The number of fused-ring (bicyclic) bond motifs is 1. The second-order valence-corrected chi connectivity index (χ2v) is 2.83. The molecule has 74 valence electrons. The molecule has 1 heterocycles. The van der Waals surface area contributed by atoms with E-state index < -0.39 is 0 Å². The Balaban J connectivity index is 2.77. The molecule has 0 saturated heterocycles. The number of rotatable bonds is 2. The molecule has 14 heavy (non-hydrogen) atoms. The fourth-order valence-electron chi connectivity index (χ4n) is 1.36. The molecule has 0 spiro atoms. The quantitative estimate of drug-likeness (QED) is 0.745. The molecule has 0 atom stereocenters. The van der Waals surface area contributed by atoms with E-state index in [0.717, 1.165) is 0 Å². The molecule has 0 unspecified atom stereocenters. The van der Waals surface area contributed by atoms with Gasteiger partial charge in [0.1, 0.15) is 0 Å². The van der Waals surface area contributed by atoms with Crippen molar-refractivity contribution in [1.82, 2.24) is 10.2 Å². The minimum Gasteiger partial charge on any atom is -0.493 e. The fraction of sp³-hybridized carbons (Fsp3) is 0.222. The highest BCUT2D eigenvalue weighted by atomic mass is 16.5. The maximum Gasteiger partial charge on any atom is 0.271 e. The molecule has 0 fully saturated rings. The summed E-state index contributed by atoms with van der Waals surface area (Å²) in [6, 6.07) is 3.36. The van der Waals surface area contributed by atoms with Gasteiger partial charge in [-0.25, -0.2) is 0 Å². The number of nitrogens with one attached hydrogen (secondary N) is 2. The minimum absolute atomic E-state index is 0.166. The highest BCUT2D eigenvalue weighted by molar-refractivity contribution is 5.81. The summed E-state index contributed by atoms with van der Waals surface area (Å²) in [5, 5.41) is 5.79. The van der Waals surface area contributed by atoms with Gasteiger partial charge in [-0.15, -0.1) is 0 Å². The van der Waals surface area contributed by atoms with Crippen molar-refractivity contribution < 1.29 is 9.47 Å².